The third-order valence-electron chi connectivity index (χ3n) is 2.51. The Morgan fingerprint density at radius 1 is 1.47 bits per heavy atom. The van der Waals surface area contributed by atoms with E-state index in [4.69, 9.17) is 0 Å². The summed E-state index contributed by atoms with van der Waals surface area (Å²) in [6.07, 6.45) is 0.786. The molecule has 2 heterocycles. The maximum Gasteiger partial charge on any atom is 0.272 e. The largest absolute Gasteiger partial charge is 0.293 e. The molecule has 1 N–H and O–H groups in total. The van der Waals surface area contributed by atoms with Crippen LogP contribution in [0.4, 0.5) is 0 Å². The molecule has 0 aliphatic carbocycles. The Morgan fingerprint density at radius 2 is 2.20 bits per heavy atom. The summed E-state index contributed by atoms with van der Waals surface area (Å²) < 4.78 is 1.49. The Labute approximate surface area is 87.9 Å². The molecular formula is C11H15N3O. The zero-order valence-corrected chi connectivity index (χ0v) is 9.24. The van der Waals surface area contributed by atoms with Crippen molar-refractivity contribution in [2.24, 2.45) is 0 Å². The van der Waals surface area contributed by atoms with E-state index in [1.165, 1.54) is 4.52 Å². The number of nitrogens with zero attached hydrogens (tertiary/aromatic N) is 2. The van der Waals surface area contributed by atoms with Crippen LogP contribution in [0.1, 0.15) is 38.1 Å². The van der Waals surface area contributed by atoms with E-state index >= 15 is 0 Å². The minimum atomic E-state index is -0.0382. The average molecular weight is 205 g/mol. The van der Waals surface area contributed by atoms with Gasteiger partial charge in [0, 0.05) is 23.5 Å². The van der Waals surface area contributed by atoms with E-state index in [0.717, 1.165) is 17.8 Å². The van der Waals surface area contributed by atoms with E-state index in [-0.39, 0.29) is 5.56 Å². The molecule has 0 amide bonds. The van der Waals surface area contributed by atoms with E-state index in [0.29, 0.717) is 11.6 Å². The molecule has 2 aromatic heterocycles. The number of hydrogen-bond acceptors (Lipinski definition) is 2. The maximum absolute atomic E-state index is 11.7. The molecule has 4 nitrogen and oxygen atoms in total. The fourth-order valence-corrected chi connectivity index (χ4v) is 1.54. The van der Waals surface area contributed by atoms with Crippen molar-refractivity contribution in [3.8, 4) is 0 Å². The summed E-state index contributed by atoms with van der Waals surface area (Å²) in [5.41, 5.74) is 2.55. The van der Waals surface area contributed by atoms with Gasteiger partial charge in [0.1, 0.15) is 0 Å². The highest BCUT2D eigenvalue weighted by molar-refractivity contribution is 5.40. The monoisotopic (exact) mass is 205 g/mol. The number of aryl methyl sites for hydroxylation is 1. The van der Waals surface area contributed by atoms with E-state index in [2.05, 4.69) is 23.9 Å². The number of hydrogen-bond donors (Lipinski definition) is 1. The first-order valence-electron chi connectivity index (χ1n) is 5.23. The van der Waals surface area contributed by atoms with Gasteiger partial charge in [0.2, 0.25) is 0 Å². The summed E-state index contributed by atoms with van der Waals surface area (Å²) in [6.45, 7) is 6.15. The fourth-order valence-electron chi connectivity index (χ4n) is 1.54. The zero-order chi connectivity index (χ0) is 11.0. The van der Waals surface area contributed by atoms with Crippen LogP contribution in [0.25, 0.3) is 5.65 Å². The zero-order valence-electron chi connectivity index (χ0n) is 9.24. The fraction of sp³-hybridized carbons (Fsp3) is 0.455. The van der Waals surface area contributed by atoms with Gasteiger partial charge in [-0.05, 0) is 12.3 Å². The smallest absolute Gasteiger partial charge is 0.272 e. The van der Waals surface area contributed by atoms with Crippen LogP contribution in [0, 0.1) is 0 Å². The van der Waals surface area contributed by atoms with Crippen molar-refractivity contribution in [3.05, 3.63) is 33.9 Å². The predicted octanol–water partition coefficient (Wildman–Crippen LogP) is 1.71. The average Bonchev–Trinajstić information content (AvgIpc) is 2.61. The molecule has 0 atom stereocenters. The molecule has 0 saturated heterocycles. The van der Waals surface area contributed by atoms with Gasteiger partial charge >= 0.3 is 0 Å². The number of rotatable bonds is 2. The van der Waals surface area contributed by atoms with Gasteiger partial charge in [0.05, 0.1) is 0 Å². The van der Waals surface area contributed by atoms with Crippen molar-refractivity contribution in [2.75, 3.05) is 0 Å². The second-order valence-electron chi connectivity index (χ2n) is 4.00. The van der Waals surface area contributed by atoms with E-state index < -0.39 is 0 Å². The van der Waals surface area contributed by atoms with Crippen LogP contribution < -0.4 is 5.56 Å². The van der Waals surface area contributed by atoms with Gasteiger partial charge in [-0.2, -0.15) is 0 Å². The molecule has 2 rings (SSSR count). The quantitative estimate of drug-likeness (QED) is 0.811. The topological polar surface area (TPSA) is 50.2 Å². The van der Waals surface area contributed by atoms with Gasteiger partial charge in [-0.1, -0.05) is 20.8 Å². The van der Waals surface area contributed by atoms with Crippen molar-refractivity contribution < 1.29 is 0 Å². The van der Waals surface area contributed by atoms with E-state index in [1.807, 2.05) is 13.0 Å². The molecule has 0 spiro atoms. The van der Waals surface area contributed by atoms with Crippen molar-refractivity contribution >= 4 is 5.65 Å². The molecule has 0 bridgehead atoms. The van der Waals surface area contributed by atoms with Crippen LogP contribution in [0.3, 0.4) is 0 Å². The summed E-state index contributed by atoms with van der Waals surface area (Å²) in [6, 6.07) is 3.51. The lowest BCUT2D eigenvalue weighted by molar-refractivity contribution is 0.773. The first kappa shape index (κ1) is 9.96. The van der Waals surface area contributed by atoms with Gasteiger partial charge in [-0.15, -0.1) is 0 Å². The summed E-state index contributed by atoms with van der Waals surface area (Å²) in [5, 5.41) is 3.06. The van der Waals surface area contributed by atoms with Gasteiger partial charge in [-0.25, -0.2) is 9.50 Å². The summed E-state index contributed by atoms with van der Waals surface area (Å²) in [7, 11) is 0. The molecular weight excluding hydrogens is 190 g/mol. The Morgan fingerprint density at radius 3 is 2.80 bits per heavy atom. The molecule has 0 unspecified atom stereocenters. The van der Waals surface area contributed by atoms with Gasteiger partial charge in [0.15, 0.2) is 5.65 Å². The summed E-state index contributed by atoms with van der Waals surface area (Å²) in [5.74, 6) is 0.371. The Bertz CT molecular complexity index is 536. The molecule has 0 aliphatic rings. The molecule has 0 aromatic carbocycles. The number of nitrogens with one attached hydrogen (secondary N) is 1. The van der Waals surface area contributed by atoms with Crippen LogP contribution >= 0.6 is 0 Å². The third kappa shape index (κ3) is 1.67. The Hall–Kier alpha value is -1.58. The molecule has 4 heteroatoms. The SMILES string of the molecule is CCc1cc(=O)n2[nH]c(C(C)C)cc2n1. The molecule has 2 aromatic rings. The van der Waals surface area contributed by atoms with E-state index in [1.54, 1.807) is 6.07 Å². The van der Waals surface area contributed by atoms with Crippen molar-refractivity contribution in [1.29, 1.82) is 0 Å². The van der Waals surface area contributed by atoms with Crippen LogP contribution in [-0.4, -0.2) is 14.6 Å². The molecule has 0 radical (unpaired) electrons. The van der Waals surface area contributed by atoms with E-state index in [9.17, 15) is 4.79 Å². The molecule has 15 heavy (non-hydrogen) atoms. The van der Waals surface area contributed by atoms with Gasteiger partial charge in [-0.3, -0.25) is 9.89 Å². The minimum absolute atomic E-state index is 0.0382. The second kappa shape index (κ2) is 3.53. The highest BCUT2D eigenvalue weighted by atomic mass is 16.1. The van der Waals surface area contributed by atoms with Crippen LogP contribution in [0.5, 0.6) is 0 Å². The minimum Gasteiger partial charge on any atom is -0.293 e. The highest BCUT2D eigenvalue weighted by Crippen LogP contribution is 2.12. The highest BCUT2D eigenvalue weighted by Gasteiger charge is 2.07. The second-order valence-corrected chi connectivity index (χ2v) is 4.00. The lowest BCUT2D eigenvalue weighted by atomic mass is 10.1. The number of aromatic nitrogens is 3. The van der Waals surface area contributed by atoms with Crippen LogP contribution in [0.15, 0.2) is 16.9 Å². The molecule has 0 aliphatic heterocycles. The van der Waals surface area contributed by atoms with Crippen molar-refractivity contribution in [2.45, 2.75) is 33.1 Å². The molecule has 80 valence electrons. The third-order valence-corrected chi connectivity index (χ3v) is 2.51. The first-order valence-corrected chi connectivity index (χ1v) is 5.23. The van der Waals surface area contributed by atoms with Gasteiger partial charge in [0.25, 0.3) is 5.56 Å². The van der Waals surface area contributed by atoms with Crippen molar-refractivity contribution in [3.63, 3.8) is 0 Å². The van der Waals surface area contributed by atoms with Crippen molar-refractivity contribution in [1.82, 2.24) is 14.6 Å². The predicted molar refractivity (Wildman–Crippen MR) is 59.3 cm³/mol. The van der Waals surface area contributed by atoms with Crippen LogP contribution in [-0.2, 0) is 6.42 Å². The lowest BCUT2D eigenvalue weighted by Crippen LogP contribution is -2.15. The maximum atomic E-state index is 11.7. The summed E-state index contributed by atoms with van der Waals surface area (Å²) in [4.78, 5) is 16.1. The Kier molecular flexibility index (Phi) is 2.34. The molecule has 0 saturated carbocycles. The lowest BCUT2D eigenvalue weighted by Gasteiger charge is -1.97. The summed E-state index contributed by atoms with van der Waals surface area (Å²) >= 11 is 0. The first-order chi connectivity index (χ1) is 7.11. The van der Waals surface area contributed by atoms with Gasteiger partial charge < -0.3 is 0 Å². The van der Waals surface area contributed by atoms with Crippen LogP contribution in [0.2, 0.25) is 0 Å². The Balaban J connectivity index is 2.70. The normalized spacial score (nSPS) is 11.5. The number of fused-ring (bicyclic) bond motifs is 1. The standard InChI is InChI=1S/C11H15N3O/c1-4-8-5-11(15)14-10(12-8)6-9(13-14)7(2)3/h5-7,13H,4H2,1-3H3. The molecule has 0 fully saturated rings. The number of H-pyrrole nitrogens is 1. The number of aromatic amines is 1.